The number of ether oxygens (including phenoxy) is 3. The lowest BCUT2D eigenvalue weighted by atomic mass is 9.95. The largest absolute Gasteiger partial charge is 0.488 e. The Kier molecular flexibility index (Phi) is 10.7. The maximum absolute atomic E-state index is 12.5. The summed E-state index contributed by atoms with van der Waals surface area (Å²) in [5.41, 5.74) is 11.9. The molecule has 0 spiro atoms. The molecule has 9 heteroatoms. The topological polar surface area (TPSA) is 100 Å². The van der Waals surface area contributed by atoms with Gasteiger partial charge in [0.1, 0.15) is 30.5 Å². The van der Waals surface area contributed by atoms with Crippen LogP contribution in [0.4, 0.5) is 0 Å². The highest BCUT2D eigenvalue weighted by atomic mass is 32.1. The predicted molar refractivity (Wildman–Crippen MR) is 184 cm³/mol. The molecule has 0 saturated carbocycles. The first-order valence-corrected chi connectivity index (χ1v) is 17.0. The zero-order chi connectivity index (χ0) is 32.6. The molecule has 6 rings (SSSR count). The van der Waals surface area contributed by atoms with Gasteiger partial charge >= 0.3 is 0 Å². The van der Waals surface area contributed by atoms with Crippen molar-refractivity contribution in [2.75, 3.05) is 26.3 Å². The Balaban J connectivity index is 1.30. The van der Waals surface area contributed by atoms with Crippen LogP contribution >= 0.6 is 11.3 Å². The summed E-state index contributed by atoms with van der Waals surface area (Å²) in [5.74, 6) is 1.80. The van der Waals surface area contributed by atoms with Crippen molar-refractivity contribution in [1.82, 2.24) is 10.1 Å². The molecule has 1 amide bonds. The van der Waals surface area contributed by atoms with Gasteiger partial charge in [-0.3, -0.25) is 9.69 Å². The lowest BCUT2D eigenvalue weighted by Crippen LogP contribution is -2.35. The number of aryl methyl sites for hydroxylation is 2. The van der Waals surface area contributed by atoms with Crippen molar-refractivity contribution >= 4 is 17.2 Å². The van der Waals surface area contributed by atoms with E-state index in [0.717, 1.165) is 77.0 Å². The van der Waals surface area contributed by atoms with Gasteiger partial charge in [-0.1, -0.05) is 79.7 Å². The van der Waals surface area contributed by atoms with E-state index in [1.54, 1.807) is 11.3 Å². The fourth-order valence-corrected chi connectivity index (χ4v) is 6.76. The second kappa shape index (κ2) is 15.4. The average Bonchev–Trinajstić information content (AvgIpc) is 3.73. The van der Waals surface area contributed by atoms with E-state index >= 15 is 0 Å². The summed E-state index contributed by atoms with van der Waals surface area (Å²) in [4.78, 5) is 16.1. The molecule has 0 aliphatic carbocycles. The lowest BCUT2D eigenvalue weighted by Gasteiger charge is -2.26. The first-order valence-electron chi connectivity index (χ1n) is 16.1. The monoisotopic (exact) mass is 651 g/mol. The summed E-state index contributed by atoms with van der Waals surface area (Å²) in [7, 11) is 0. The van der Waals surface area contributed by atoms with Crippen molar-refractivity contribution in [3.05, 3.63) is 123 Å². The molecule has 1 aliphatic heterocycles. The number of carbonyl (C=O) groups is 1. The quantitative estimate of drug-likeness (QED) is 0.134. The van der Waals surface area contributed by atoms with E-state index in [2.05, 4.69) is 54.2 Å². The fraction of sp³-hybridized carbons (Fsp3) is 0.316. The summed E-state index contributed by atoms with van der Waals surface area (Å²) in [6, 6.07) is 26.5. The molecule has 0 unspecified atom stereocenters. The van der Waals surface area contributed by atoms with E-state index in [-0.39, 0.29) is 11.6 Å². The Hall–Kier alpha value is -4.44. The summed E-state index contributed by atoms with van der Waals surface area (Å²) in [5, 5.41) is 6.20. The van der Waals surface area contributed by atoms with Crippen molar-refractivity contribution in [2.45, 2.75) is 52.4 Å². The maximum Gasteiger partial charge on any atom is 0.271 e. The van der Waals surface area contributed by atoms with E-state index in [0.29, 0.717) is 37.4 Å². The SMILES string of the molecule is CC(C)c1cc(CCc2onc(C(N)=O)c2-c2ccsc2CN2CCOCC2)c(OCc2ccccc2)cc1OCc1ccccc1. The van der Waals surface area contributed by atoms with Crippen LogP contribution in [0.15, 0.2) is 88.8 Å². The van der Waals surface area contributed by atoms with Crippen LogP contribution in [0.3, 0.4) is 0 Å². The van der Waals surface area contributed by atoms with Gasteiger partial charge in [0, 0.05) is 42.6 Å². The van der Waals surface area contributed by atoms with Gasteiger partial charge in [0.05, 0.1) is 18.8 Å². The Morgan fingerprint density at radius 3 is 2.21 bits per heavy atom. The van der Waals surface area contributed by atoms with Crippen LogP contribution in [-0.4, -0.2) is 42.3 Å². The van der Waals surface area contributed by atoms with Crippen LogP contribution in [0.2, 0.25) is 0 Å². The van der Waals surface area contributed by atoms with Gasteiger partial charge in [0.25, 0.3) is 5.91 Å². The molecule has 1 saturated heterocycles. The number of aromatic nitrogens is 1. The van der Waals surface area contributed by atoms with E-state index in [1.165, 1.54) is 0 Å². The number of morpholine rings is 1. The van der Waals surface area contributed by atoms with Crippen LogP contribution < -0.4 is 15.2 Å². The third kappa shape index (κ3) is 8.11. The Morgan fingerprint density at radius 2 is 1.57 bits per heavy atom. The second-order valence-electron chi connectivity index (χ2n) is 12.0. The average molecular weight is 652 g/mol. The smallest absolute Gasteiger partial charge is 0.271 e. The number of hydrogen-bond donors (Lipinski definition) is 1. The third-order valence-corrected chi connectivity index (χ3v) is 9.30. The van der Waals surface area contributed by atoms with Crippen LogP contribution in [0.5, 0.6) is 11.5 Å². The van der Waals surface area contributed by atoms with Gasteiger partial charge in [0.15, 0.2) is 5.69 Å². The first-order chi connectivity index (χ1) is 23.0. The lowest BCUT2D eigenvalue weighted by molar-refractivity contribution is 0.0347. The third-order valence-electron chi connectivity index (χ3n) is 8.39. The molecule has 244 valence electrons. The molecule has 3 aromatic carbocycles. The second-order valence-corrected chi connectivity index (χ2v) is 13.0. The number of nitrogens with zero attached hydrogens (tertiary/aromatic N) is 2. The van der Waals surface area contributed by atoms with Gasteiger partial charge in [-0.2, -0.15) is 0 Å². The number of thiophene rings is 1. The number of carbonyl (C=O) groups excluding carboxylic acids is 1. The molecular formula is C38H41N3O5S. The molecular weight excluding hydrogens is 611 g/mol. The zero-order valence-electron chi connectivity index (χ0n) is 26.9. The van der Waals surface area contributed by atoms with Gasteiger partial charge < -0.3 is 24.5 Å². The highest BCUT2D eigenvalue weighted by molar-refractivity contribution is 7.10. The Morgan fingerprint density at radius 1 is 0.915 bits per heavy atom. The van der Waals surface area contributed by atoms with Gasteiger partial charge in [-0.05, 0) is 52.1 Å². The van der Waals surface area contributed by atoms with Crippen LogP contribution in [-0.2, 0) is 37.3 Å². The summed E-state index contributed by atoms with van der Waals surface area (Å²) in [6.45, 7) is 9.15. The van der Waals surface area contributed by atoms with Crippen LogP contribution in [0.25, 0.3) is 11.1 Å². The van der Waals surface area contributed by atoms with Crippen LogP contribution in [0, 0.1) is 0 Å². The maximum atomic E-state index is 12.5. The number of rotatable bonds is 14. The molecule has 0 radical (unpaired) electrons. The number of benzene rings is 3. The number of nitrogens with two attached hydrogens (primary N) is 1. The molecule has 0 atom stereocenters. The number of amides is 1. The molecule has 5 aromatic rings. The zero-order valence-corrected chi connectivity index (χ0v) is 27.8. The standard InChI is InChI=1S/C38H41N3O5S/c1-26(2)31-21-29(33(44-24-27-9-5-3-6-10-27)22-34(31)45-25-28-11-7-4-8-12-28)13-14-32-36(37(38(39)42)40-46-32)30-15-20-47-35(30)23-41-16-18-43-19-17-41/h3-12,15,20-22,26H,13-14,16-19,23-25H2,1-2H3,(H2,39,42). The van der Waals surface area contributed by atoms with Crippen molar-refractivity contribution in [3.8, 4) is 22.6 Å². The first kappa shape index (κ1) is 32.5. The van der Waals surface area contributed by atoms with E-state index in [9.17, 15) is 4.79 Å². The van der Waals surface area contributed by atoms with Crippen molar-refractivity contribution in [2.24, 2.45) is 5.73 Å². The highest BCUT2D eigenvalue weighted by Crippen LogP contribution is 2.38. The van der Waals surface area contributed by atoms with Gasteiger partial charge in [-0.15, -0.1) is 11.3 Å². The molecule has 0 bridgehead atoms. The van der Waals surface area contributed by atoms with E-state index in [4.69, 9.17) is 24.5 Å². The highest BCUT2D eigenvalue weighted by Gasteiger charge is 2.26. The minimum absolute atomic E-state index is 0.162. The molecule has 2 N–H and O–H groups in total. The normalized spacial score (nSPS) is 13.6. The Labute approximate surface area is 280 Å². The molecule has 47 heavy (non-hydrogen) atoms. The van der Waals surface area contributed by atoms with Crippen molar-refractivity contribution < 1.29 is 23.5 Å². The fourth-order valence-electron chi connectivity index (χ4n) is 5.84. The molecule has 1 fully saturated rings. The molecule has 2 aromatic heterocycles. The summed E-state index contributed by atoms with van der Waals surface area (Å²) in [6.07, 6.45) is 1.11. The minimum atomic E-state index is -0.604. The van der Waals surface area contributed by atoms with Crippen molar-refractivity contribution in [1.29, 1.82) is 0 Å². The van der Waals surface area contributed by atoms with E-state index < -0.39 is 5.91 Å². The molecule has 8 nitrogen and oxygen atoms in total. The number of primary amides is 1. The molecule has 1 aliphatic rings. The summed E-state index contributed by atoms with van der Waals surface area (Å²) < 4.78 is 24.3. The number of hydrogen-bond acceptors (Lipinski definition) is 8. The predicted octanol–water partition coefficient (Wildman–Crippen LogP) is 7.40. The minimum Gasteiger partial charge on any atom is -0.488 e. The Bertz CT molecular complexity index is 1760. The molecule has 3 heterocycles. The van der Waals surface area contributed by atoms with Crippen LogP contribution in [0.1, 0.15) is 63.1 Å². The van der Waals surface area contributed by atoms with Gasteiger partial charge in [0.2, 0.25) is 0 Å². The summed E-state index contributed by atoms with van der Waals surface area (Å²) >= 11 is 1.66. The van der Waals surface area contributed by atoms with Crippen molar-refractivity contribution in [3.63, 3.8) is 0 Å². The van der Waals surface area contributed by atoms with Gasteiger partial charge in [-0.25, -0.2) is 0 Å². The van der Waals surface area contributed by atoms with E-state index in [1.807, 2.05) is 53.9 Å².